The molecule has 0 radical (unpaired) electrons. The van der Waals surface area contributed by atoms with Gasteiger partial charge >= 0.3 is 0 Å². The summed E-state index contributed by atoms with van der Waals surface area (Å²) in [4.78, 5) is 21.2. The molecule has 6 rings (SSSR count). The summed E-state index contributed by atoms with van der Waals surface area (Å²) >= 11 is 6.45. The molecule has 1 atom stereocenters. The Hall–Kier alpha value is -3.26. The maximum atomic E-state index is 12.0. The van der Waals surface area contributed by atoms with E-state index < -0.39 is 0 Å². The van der Waals surface area contributed by atoms with Crippen molar-refractivity contribution in [1.82, 2.24) is 14.5 Å². The number of hydrogen-bond acceptors (Lipinski definition) is 6. The van der Waals surface area contributed by atoms with Crippen LogP contribution in [0.2, 0.25) is 5.02 Å². The average molecular weight is 452 g/mol. The molecule has 164 valence electrons. The Labute approximate surface area is 188 Å². The van der Waals surface area contributed by atoms with Gasteiger partial charge in [0, 0.05) is 18.0 Å². The van der Waals surface area contributed by atoms with E-state index in [-0.39, 0.29) is 17.8 Å². The first-order valence-electron chi connectivity index (χ1n) is 10.8. The Morgan fingerprint density at radius 1 is 1.22 bits per heavy atom. The number of benzene rings is 2. The summed E-state index contributed by atoms with van der Waals surface area (Å²) in [5.74, 6) is 1.57. The van der Waals surface area contributed by atoms with Gasteiger partial charge in [-0.3, -0.25) is 4.79 Å². The molecule has 3 heterocycles. The van der Waals surface area contributed by atoms with Crippen molar-refractivity contribution >= 4 is 45.7 Å². The van der Waals surface area contributed by atoms with Gasteiger partial charge in [-0.15, -0.1) is 0 Å². The van der Waals surface area contributed by atoms with E-state index in [1.54, 1.807) is 0 Å². The fourth-order valence-corrected chi connectivity index (χ4v) is 5.00. The molecule has 4 N–H and O–H groups in total. The predicted molar refractivity (Wildman–Crippen MR) is 121 cm³/mol. The largest absolute Gasteiger partial charge is 0.491 e. The van der Waals surface area contributed by atoms with Crippen LogP contribution in [0.5, 0.6) is 5.75 Å². The molecule has 2 aromatic heterocycles. The summed E-state index contributed by atoms with van der Waals surface area (Å²) in [5.41, 5.74) is 16.1. The second-order valence-electron chi connectivity index (χ2n) is 8.66. The van der Waals surface area contributed by atoms with Gasteiger partial charge < -0.3 is 25.2 Å². The van der Waals surface area contributed by atoms with Crippen molar-refractivity contribution in [1.29, 1.82) is 0 Å². The first-order chi connectivity index (χ1) is 15.5. The standard InChI is InChI=1S/C23H22ClN5O3/c24-15-9-13(10-17-20(15)32-23(26)28-17)22-27-16-7-11(6-14(21(25)30)12-2-3-12)8-18-19(16)29(22)4-1-5-31-18/h7-10,12,14H,1-6H2,(H2,25,30)(H2,26,28)/t14-/m0/s1. The molecule has 2 aliphatic rings. The number of nitrogens with two attached hydrogens (primary N) is 2. The van der Waals surface area contributed by atoms with Crippen molar-refractivity contribution in [3.63, 3.8) is 0 Å². The van der Waals surface area contributed by atoms with Gasteiger partial charge in [-0.25, -0.2) is 4.98 Å². The number of carbonyl (C=O) groups is 1. The number of oxazole rings is 1. The molecular weight excluding hydrogens is 430 g/mol. The van der Waals surface area contributed by atoms with Crippen molar-refractivity contribution in [2.45, 2.75) is 32.2 Å². The molecule has 9 heteroatoms. The average Bonchev–Trinajstić information content (AvgIpc) is 3.46. The lowest BCUT2D eigenvalue weighted by molar-refractivity contribution is -0.122. The zero-order valence-corrected chi connectivity index (χ0v) is 18.1. The maximum Gasteiger partial charge on any atom is 0.293 e. The van der Waals surface area contributed by atoms with Gasteiger partial charge in [-0.2, -0.15) is 4.98 Å². The zero-order chi connectivity index (χ0) is 22.0. The van der Waals surface area contributed by atoms with E-state index >= 15 is 0 Å². The highest BCUT2D eigenvalue weighted by molar-refractivity contribution is 6.35. The topological polar surface area (TPSA) is 122 Å². The van der Waals surface area contributed by atoms with Gasteiger partial charge in [0.15, 0.2) is 5.58 Å². The highest BCUT2D eigenvalue weighted by Gasteiger charge is 2.35. The summed E-state index contributed by atoms with van der Waals surface area (Å²) in [6.45, 7) is 1.38. The lowest BCUT2D eigenvalue weighted by Crippen LogP contribution is -2.26. The maximum absolute atomic E-state index is 12.0. The molecule has 1 fully saturated rings. The number of primary amides is 1. The molecule has 1 aliphatic carbocycles. The molecule has 1 aliphatic heterocycles. The molecule has 0 saturated heterocycles. The molecule has 1 saturated carbocycles. The van der Waals surface area contributed by atoms with Gasteiger partial charge in [0.2, 0.25) is 5.91 Å². The Kier molecular flexibility index (Phi) is 4.33. The molecule has 4 aromatic rings. The van der Waals surface area contributed by atoms with E-state index in [0.29, 0.717) is 35.1 Å². The molecule has 0 bridgehead atoms. The number of carbonyl (C=O) groups excluding carboxylic acids is 1. The molecule has 1 amide bonds. The van der Waals surface area contributed by atoms with Crippen molar-refractivity contribution in [2.24, 2.45) is 17.6 Å². The minimum atomic E-state index is -0.236. The van der Waals surface area contributed by atoms with Crippen molar-refractivity contribution in [3.8, 4) is 17.1 Å². The summed E-state index contributed by atoms with van der Waals surface area (Å²) < 4.78 is 13.6. The molecule has 2 aromatic carbocycles. The van der Waals surface area contributed by atoms with Crippen LogP contribution in [0.4, 0.5) is 6.01 Å². The third-order valence-electron chi connectivity index (χ3n) is 6.38. The number of imidazole rings is 1. The second-order valence-corrected chi connectivity index (χ2v) is 9.07. The van der Waals surface area contributed by atoms with E-state index in [0.717, 1.165) is 59.5 Å². The lowest BCUT2D eigenvalue weighted by atomic mass is 9.94. The van der Waals surface area contributed by atoms with Crippen LogP contribution in [-0.4, -0.2) is 27.0 Å². The number of aryl methyl sites for hydroxylation is 1. The van der Waals surface area contributed by atoms with Crippen LogP contribution >= 0.6 is 11.6 Å². The normalized spacial score (nSPS) is 16.8. The van der Waals surface area contributed by atoms with Crippen LogP contribution < -0.4 is 16.2 Å². The summed E-state index contributed by atoms with van der Waals surface area (Å²) in [6, 6.07) is 7.85. The second kappa shape index (κ2) is 7.13. The summed E-state index contributed by atoms with van der Waals surface area (Å²) in [7, 11) is 0. The minimum Gasteiger partial charge on any atom is -0.491 e. The number of hydrogen-bond donors (Lipinski definition) is 2. The molecule has 8 nitrogen and oxygen atoms in total. The van der Waals surface area contributed by atoms with E-state index in [1.165, 1.54) is 0 Å². The SMILES string of the molecule is NC(=O)[C@@H](Cc1cc2c3c(c1)nc(-c1cc(Cl)c4oc(N)nc4c1)n3CCCO2)C1CC1. The van der Waals surface area contributed by atoms with Gasteiger partial charge in [0.1, 0.15) is 22.6 Å². The van der Waals surface area contributed by atoms with Crippen LogP contribution in [0.25, 0.3) is 33.5 Å². The Morgan fingerprint density at radius 3 is 2.84 bits per heavy atom. The fraction of sp³-hybridized carbons (Fsp3) is 0.348. The number of fused-ring (bicyclic) bond motifs is 1. The molecular formula is C23H22ClN5O3. The van der Waals surface area contributed by atoms with E-state index in [1.807, 2.05) is 24.3 Å². The highest BCUT2D eigenvalue weighted by Crippen LogP contribution is 2.41. The smallest absolute Gasteiger partial charge is 0.293 e. The van der Waals surface area contributed by atoms with Crippen LogP contribution in [0.3, 0.4) is 0 Å². The molecule has 0 unspecified atom stereocenters. The third kappa shape index (κ3) is 3.17. The first kappa shape index (κ1) is 19.4. The predicted octanol–water partition coefficient (Wildman–Crippen LogP) is 3.92. The van der Waals surface area contributed by atoms with Crippen LogP contribution in [0.15, 0.2) is 28.7 Å². The Balaban J connectivity index is 1.49. The van der Waals surface area contributed by atoms with Gasteiger partial charge in [-0.1, -0.05) is 11.6 Å². The fourth-order valence-electron chi connectivity index (χ4n) is 4.75. The molecule has 32 heavy (non-hydrogen) atoms. The number of nitrogen functional groups attached to an aromatic ring is 1. The van der Waals surface area contributed by atoms with Crippen LogP contribution in [-0.2, 0) is 17.8 Å². The minimum absolute atomic E-state index is 0.0745. The number of nitrogens with zero attached hydrogens (tertiary/aromatic N) is 3. The highest BCUT2D eigenvalue weighted by atomic mass is 35.5. The van der Waals surface area contributed by atoms with Crippen molar-refractivity contribution in [2.75, 3.05) is 12.3 Å². The van der Waals surface area contributed by atoms with Gasteiger partial charge in [0.05, 0.1) is 17.1 Å². The summed E-state index contributed by atoms with van der Waals surface area (Å²) in [6.07, 6.45) is 3.58. The van der Waals surface area contributed by atoms with E-state index in [9.17, 15) is 4.79 Å². The number of amides is 1. The number of halogens is 1. The number of anilines is 1. The lowest BCUT2D eigenvalue weighted by Gasteiger charge is -2.13. The Bertz CT molecular complexity index is 1390. The van der Waals surface area contributed by atoms with E-state index in [4.69, 9.17) is 37.2 Å². The Morgan fingerprint density at radius 2 is 2.06 bits per heavy atom. The van der Waals surface area contributed by atoms with Crippen molar-refractivity contribution < 1.29 is 13.9 Å². The van der Waals surface area contributed by atoms with E-state index in [2.05, 4.69) is 9.55 Å². The van der Waals surface area contributed by atoms with Gasteiger partial charge in [-0.05, 0) is 61.4 Å². The monoisotopic (exact) mass is 451 g/mol. The zero-order valence-electron chi connectivity index (χ0n) is 17.3. The quantitative estimate of drug-likeness (QED) is 0.474. The number of rotatable bonds is 5. The number of aromatic nitrogens is 3. The summed E-state index contributed by atoms with van der Waals surface area (Å²) in [5, 5.41) is 0.432. The first-order valence-corrected chi connectivity index (χ1v) is 11.2. The van der Waals surface area contributed by atoms with Crippen molar-refractivity contribution in [3.05, 3.63) is 34.9 Å². The number of ether oxygens (including phenoxy) is 1. The molecule has 0 spiro atoms. The van der Waals surface area contributed by atoms with Crippen LogP contribution in [0, 0.1) is 11.8 Å². The third-order valence-corrected chi connectivity index (χ3v) is 6.66. The van der Waals surface area contributed by atoms with Crippen LogP contribution in [0.1, 0.15) is 24.8 Å². The van der Waals surface area contributed by atoms with Gasteiger partial charge in [0.25, 0.3) is 6.01 Å².